The number of benzene rings is 2. The third kappa shape index (κ3) is 4.96. The Morgan fingerprint density at radius 2 is 2.08 bits per heavy atom. The van der Waals surface area contributed by atoms with Crippen LogP contribution in [0.25, 0.3) is 10.8 Å². The van der Waals surface area contributed by atoms with Crippen LogP contribution in [0.15, 0.2) is 42.5 Å². The molecule has 1 fully saturated rings. The maximum absolute atomic E-state index is 11.9. The molecule has 1 saturated heterocycles. The van der Waals surface area contributed by atoms with E-state index in [4.69, 9.17) is 9.47 Å². The van der Waals surface area contributed by atoms with Crippen molar-refractivity contribution in [2.24, 2.45) is 5.92 Å². The molecule has 5 nitrogen and oxygen atoms in total. The molecular formula is C21H28NO4+. The Morgan fingerprint density at radius 3 is 2.88 bits per heavy atom. The average Bonchev–Trinajstić information content (AvgIpc) is 2.66. The second kappa shape index (κ2) is 9.01. The van der Waals surface area contributed by atoms with Crippen LogP contribution in [0.1, 0.15) is 19.8 Å². The Kier molecular flexibility index (Phi) is 6.47. The van der Waals surface area contributed by atoms with Gasteiger partial charge in [0.25, 0.3) is 0 Å². The Hall–Kier alpha value is -2.11. The molecule has 1 heterocycles. The zero-order valence-electron chi connectivity index (χ0n) is 15.3. The van der Waals surface area contributed by atoms with Crippen LogP contribution in [0, 0.1) is 5.92 Å². The summed E-state index contributed by atoms with van der Waals surface area (Å²) in [7, 11) is 0. The Bertz CT molecular complexity index is 733. The smallest absolute Gasteiger partial charge is 0.314 e. The molecule has 3 atom stereocenters. The third-order valence-corrected chi connectivity index (χ3v) is 4.93. The molecule has 5 heteroatoms. The highest BCUT2D eigenvalue weighted by Crippen LogP contribution is 2.20. The van der Waals surface area contributed by atoms with Gasteiger partial charge >= 0.3 is 5.97 Å². The zero-order valence-corrected chi connectivity index (χ0v) is 15.3. The lowest BCUT2D eigenvalue weighted by Gasteiger charge is -2.30. The van der Waals surface area contributed by atoms with Crippen LogP contribution in [0.4, 0.5) is 0 Å². The Labute approximate surface area is 154 Å². The summed E-state index contributed by atoms with van der Waals surface area (Å²) in [5, 5.41) is 12.6. The van der Waals surface area contributed by atoms with Crippen LogP contribution in [0.3, 0.4) is 0 Å². The Morgan fingerprint density at radius 1 is 1.27 bits per heavy atom. The summed E-state index contributed by atoms with van der Waals surface area (Å²) in [6, 6.07) is 14.1. The number of likely N-dealkylation sites (tertiary alicyclic amines) is 1. The van der Waals surface area contributed by atoms with Gasteiger partial charge in [-0.25, -0.2) is 0 Å². The largest absolute Gasteiger partial charge is 0.491 e. The van der Waals surface area contributed by atoms with Crippen molar-refractivity contribution in [1.29, 1.82) is 0 Å². The van der Waals surface area contributed by atoms with Gasteiger partial charge in [-0.2, -0.15) is 0 Å². The summed E-state index contributed by atoms with van der Waals surface area (Å²) >= 11 is 0. The van der Waals surface area contributed by atoms with E-state index in [0.717, 1.165) is 37.1 Å². The van der Waals surface area contributed by atoms with Crippen LogP contribution < -0.4 is 9.64 Å². The van der Waals surface area contributed by atoms with Gasteiger partial charge in [-0.1, -0.05) is 30.3 Å². The number of aliphatic hydroxyl groups excluding tert-OH is 1. The van der Waals surface area contributed by atoms with E-state index in [1.54, 1.807) is 0 Å². The van der Waals surface area contributed by atoms with Crippen molar-refractivity contribution in [3.63, 3.8) is 0 Å². The van der Waals surface area contributed by atoms with E-state index in [1.165, 1.54) is 10.3 Å². The summed E-state index contributed by atoms with van der Waals surface area (Å²) in [6.07, 6.45) is 1.31. The fourth-order valence-electron chi connectivity index (χ4n) is 3.64. The van der Waals surface area contributed by atoms with Gasteiger partial charge < -0.3 is 19.5 Å². The molecule has 0 bridgehead atoms. The number of hydrogen-bond acceptors (Lipinski definition) is 4. The summed E-state index contributed by atoms with van der Waals surface area (Å²) in [4.78, 5) is 13.2. The lowest BCUT2D eigenvalue weighted by atomic mass is 9.98. The molecular weight excluding hydrogens is 330 g/mol. The third-order valence-electron chi connectivity index (χ3n) is 4.93. The van der Waals surface area contributed by atoms with E-state index < -0.39 is 6.10 Å². The number of ether oxygens (including phenoxy) is 2. The van der Waals surface area contributed by atoms with Gasteiger partial charge in [0.2, 0.25) is 0 Å². The second-order valence-electron chi connectivity index (χ2n) is 6.97. The SMILES string of the molecule is CCOC(=O)[C@H]1CCC[NH+](C[C@H](O)COc2ccc3ccccc3c2)C1. The minimum atomic E-state index is -0.558. The van der Waals surface area contributed by atoms with Gasteiger partial charge in [0.15, 0.2) is 0 Å². The van der Waals surface area contributed by atoms with Crippen LogP contribution in [-0.2, 0) is 9.53 Å². The highest BCUT2D eigenvalue weighted by molar-refractivity contribution is 5.83. The molecule has 140 valence electrons. The van der Waals surface area contributed by atoms with E-state index in [9.17, 15) is 9.90 Å². The standard InChI is InChI=1S/C21H27NO4/c1-2-25-21(24)18-8-5-11-22(13-18)14-19(23)15-26-20-10-9-16-6-3-4-7-17(16)12-20/h3-4,6-7,9-10,12,18-19,23H,2,5,8,11,13-15H2,1H3/p+1/t18-,19-/m0/s1. The zero-order chi connectivity index (χ0) is 18.4. The number of aliphatic hydroxyl groups is 1. The molecule has 0 aliphatic carbocycles. The highest BCUT2D eigenvalue weighted by atomic mass is 16.5. The van der Waals surface area contributed by atoms with Crippen molar-refractivity contribution < 1.29 is 24.3 Å². The first-order chi connectivity index (χ1) is 12.7. The molecule has 0 saturated carbocycles. The van der Waals surface area contributed by atoms with Crippen LogP contribution in [0.5, 0.6) is 5.75 Å². The van der Waals surface area contributed by atoms with Gasteiger partial charge in [0, 0.05) is 0 Å². The number of esters is 1. The second-order valence-corrected chi connectivity index (χ2v) is 6.97. The van der Waals surface area contributed by atoms with Crippen molar-refractivity contribution in [2.45, 2.75) is 25.9 Å². The number of rotatable bonds is 7. The number of carbonyl (C=O) groups excluding carboxylic acids is 1. The van der Waals surface area contributed by atoms with Gasteiger partial charge in [-0.05, 0) is 42.7 Å². The predicted octanol–water partition coefficient (Wildman–Crippen LogP) is 1.44. The number of hydrogen-bond donors (Lipinski definition) is 2. The van der Waals surface area contributed by atoms with Crippen molar-refractivity contribution in [3.05, 3.63) is 42.5 Å². The van der Waals surface area contributed by atoms with Crippen molar-refractivity contribution in [3.8, 4) is 5.75 Å². The van der Waals surface area contributed by atoms with Crippen molar-refractivity contribution >= 4 is 16.7 Å². The minimum absolute atomic E-state index is 0.0488. The van der Waals surface area contributed by atoms with Crippen LogP contribution in [-0.4, -0.2) is 50.0 Å². The maximum Gasteiger partial charge on any atom is 0.314 e. The lowest BCUT2D eigenvalue weighted by molar-refractivity contribution is -0.910. The van der Waals surface area contributed by atoms with E-state index in [1.807, 2.05) is 43.3 Å². The topological polar surface area (TPSA) is 60.2 Å². The molecule has 26 heavy (non-hydrogen) atoms. The highest BCUT2D eigenvalue weighted by Gasteiger charge is 2.30. The molecule has 0 spiro atoms. The fraction of sp³-hybridized carbons (Fsp3) is 0.476. The van der Waals surface area contributed by atoms with E-state index in [-0.39, 0.29) is 18.5 Å². The van der Waals surface area contributed by atoms with E-state index in [0.29, 0.717) is 13.2 Å². The van der Waals surface area contributed by atoms with Gasteiger partial charge in [-0.3, -0.25) is 4.79 Å². The molecule has 2 aromatic carbocycles. The molecule has 0 amide bonds. The fourth-order valence-corrected chi connectivity index (χ4v) is 3.64. The van der Waals surface area contributed by atoms with Gasteiger partial charge in [0.05, 0.1) is 19.7 Å². The Balaban J connectivity index is 1.48. The predicted molar refractivity (Wildman–Crippen MR) is 100 cm³/mol. The van der Waals surface area contributed by atoms with E-state index in [2.05, 4.69) is 6.07 Å². The summed E-state index contributed by atoms with van der Waals surface area (Å²) in [6.45, 7) is 4.80. The van der Waals surface area contributed by atoms with E-state index >= 15 is 0 Å². The molecule has 1 aliphatic heterocycles. The molecule has 3 rings (SSSR count). The number of carbonyl (C=O) groups is 1. The van der Waals surface area contributed by atoms with Crippen LogP contribution >= 0.6 is 0 Å². The van der Waals surface area contributed by atoms with Crippen molar-refractivity contribution in [2.75, 3.05) is 32.8 Å². The number of piperidine rings is 1. The summed E-state index contributed by atoms with van der Waals surface area (Å²) in [5.74, 6) is 0.611. The quantitative estimate of drug-likeness (QED) is 0.736. The molecule has 0 radical (unpaired) electrons. The first kappa shape index (κ1) is 18.7. The normalized spacial score (nSPS) is 21.3. The number of nitrogens with one attached hydrogen (secondary N) is 1. The molecule has 2 N–H and O–H groups in total. The van der Waals surface area contributed by atoms with Gasteiger partial charge in [-0.15, -0.1) is 0 Å². The first-order valence-corrected chi connectivity index (χ1v) is 9.45. The number of quaternary nitrogens is 1. The minimum Gasteiger partial charge on any atom is -0.491 e. The molecule has 1 aliphatic rings. The average molecular weight is 358 g/mol. The number of fused-ring (bicyclic) bond motifs is 1. The monoisotopic (exact) mass is 358 g/mol. The molecule has 1 unspecified atom stereocenters. The van der Waals surface area contributed by atoms with Gasteiger partial charge in [0.1, 0.15) is 30.9 Å². The first-order valence-electron chi connectivity index (χ1n) is 9.45. The summed E-state index contributed by atoms with van der Waals surface area (Å²) < 4.78 is 10.9. The van der Waals surface area contributed by atoms with Crippen LogP contribution in [0.2, 0.25) is 0 Å². The van der Waals surface area contributed by atoms with Crippen molar-refractivity contribution in [1.82, 2.24) is 0 Å². The molecule has 0 aromatic heterocycles. The summed E-state index contributed by atoms with van der Waals surface area (Å²) in [5.41, 5.74) is 0. The maximum atomic E-state index is 11.9. The molecule has 2 aromatic rings. The lowest BCUT2D eigenvalue weighted by Crippen LogP contribution is -3.15.